The molecule has 3 nitrogen and oxygen atoms in total. The topological polar surface area (TPSA) is 29.9 Å². The van der Waals surface area contributed by atoms with Crippen LogP contribution in [0.3, 0.4) is 0 Å². The Labute approximate surface area is 200 Å². The summed E-state index contributed by atoms with van der Waals surface area (Å²) in [6, 6.07) is 18.0. The summed E-state index contributed by atoms with van der Waals surface area (Å²) in [5, 5.41) is 2.26. The van der Waals surface area contributed by atoms with Crippen molar-refractivity contribution in [2.24, 2.45) is 7.05 Å². The average Bonchev–Trinajstić information content (AvgIpc) is 3.52. The zero-order valence-electron chi connectivity index (χ0n) is 20.3. The van der Waals surface area contributed by atoms with E-state index in [1.165, 1.54) is 70.5 Å². The van der Waals surface area contributed by atoms with Crippen molar-refractivity contribution in [3.63, 3.8) is 0 Å². The SMILES string of the molecule is Cc1cc(-c2c(C)ccc3c2oc2nc4c(cc23)-c2ccccc2C42CCCC2)[n+](C)cc1C. The summed E-state index contributed by atoms with van der Waals surface area (Å²) in [6.45, 7) is 6.52. The first-order valence-electron chi connectivity index (χ1n) is 12.4. The molecule has 2 aromatic carbocycles. The van der Waals surface area contributed by atoms with Crippen LogP contribution in [0.4, 0.5) is 0 Å². The summed E-state index contributed by atoms with van der Waals surface area (Å²) in [6.07, 6.45) is 7.09. The van der Waals surface area contributed by atoms with Crippen LogP contribution in [0.2, 0.25) is 0 Å². The Balaban J connectivity index is 1.55. The molecule has 3 heteroatoms. The molecular formula is C31H29N2O+. The molecule has 0 radical (unpaired) electrons. The third-order valence-corrected chi connectivity index (χ3v) is 8.48. The lowest BCUT2D eigenvalue weighted by Crippen LogP contribution is -2.31. The van der Waals surface area contributed by atoms with Gasteiger partial charge in [-0.1, -0.05) is 49.2 Å². The van der Waals surface area contributed by atoms with Crippen LogP contribution in [0.15, 0.2) is 59.1 Å². The highest BCUT2D eigenvalue weighted by Gasteiger charge is 2.46. The molecule has 0 aliphatic heterocycles. The second kappa shape index (κ2) is 6.79. The molecule has 0 atom stereocenters. The molecule has 1 saturated carbocycles. The molecule has 0 bridgehead atoms. The van der Waals surface area contributed by atoms with Gasteiger partial charge in [-0.2, -0.15) is 0 Å². The zero-order chi connectivity index (χ0) is 23.2. The summed E-state index contributed by atoms with van der Waals surface area (Å²) in [7, 11) is 2.12. The fourth-order valence-electron chi connectivity index (χ4n) is 6.63. The minimum absolute atomic E-state index is 0.0539. The van der Waals surface area contributed by atoms with E-state index in [1.807, 2.05) is 0 Å². The van der Waals surface area contributed by atoms with Gasteiger partial charge >= 0.3 is 0 Å². The molecule has 34 heavy (non-hydrogen) atoms. The van der Waals surface area contributed by atoms with Gasteiger partial charge in [0.05, 0.1) is 11.3 Å². The first-order valence-corrected chi connectivity index (χ1v) is 12.4. The molecule has 7 rings (SSSR count). The van der Waals surface area contributed by atoms with Crippen LogP contribution >= 0.6 is 0 Å². The number of fused-ring (bicyclic) bond motifs is 8. The van der Waals surface area contributed by atoms with E-state index in [0.717, 1.165) is 27.6 Å². The van der Waals surface area contributed by atoms with Gasteiger partial charge in [0.25, 0.3) is 0 Å². The predicted octanol–water partition coefficient (Wildman–Crippen LogP) is 7.24. The minimum atomic E-state index is 0.0539. The molecule has 0 saturated heterocycles. The van der Waals surface area contributed by atoms with E-state index in [-0.39, 0.29) is 5.41 Å². The van der Waals surface area contributed by atoms with Gasteiger partial charge in [-0.25, -0.2) is 9.55 Å². The Bertz CT molecular complexity index is 1650. The van der Waals surface area contributed by atoms with Crippen molar-refractivity contribution in [2.75, 3.05) is 0 Å². The molecule has 168 valence electrons. The molecule has 1 spiro atoms. The number of benzene rings is 2. The average molecular weight is 446 g/mol. The molecule has 1 fully saturated rings. The van der Waals surface area contributed by atoms with Crippen molar-refractivity contribution in [1.82, 2.24) is 4.98 Å². The van der Waals surface area contributed by atoms with Gasteiger partial charge in [0.2, 0.25) is 11.4 Å². The lowest BCUT2D eigenvalue weighted by molar-refractivity contribution is -0.660. The van der Waals surface area contributed by atoms with Gasteiger partial charge < -0.3 is 4.42 Å². The lowest BCUT2D eigenvalue weighted by atomic mass is 9.79. The smallest absolute Gasteiger partial charge is 0.227 e. The molecular weight excluding hydrogens is 416 g/mol. The second-order valence-electron chi connectivity index (χ2n) is 10.4. The van der Waals surface area contributed by atoms with E-state index in [1.54, 1.807) is 0 Å². The van der Waals surface area contributed by atoms with Crippen LogP contribution in [-0.2, 0) is 12.5 Å². The number of hydrogen-bond acceptors (Lipinski definition) is 2. The Kier molecular flexibility index (Phi) is 3.98. The van der Waals surface area contributed by atoms with E-state index >= 15 is 0 Å². The first kappa shape index (κ1) is 20.0. The summed E-state index contributed by atoms with van der Waals surface area (Å²) in [5.74, 6) is 0. The van der Waals surface area contributed by atoms with Gasteiger partial charge in [-0.05, 0) is 61.9 Å². The molecule has 2 aliphatic rings. The van der Waals surface area contributed by atoms with Crippen molar-refractivity contribution >= 4 is 22.1 Å². The van der Waals surface area contributed by atoms with Gasteiger partial charge in [0.15, 0.2) is 11.8 Å². The molecule has 5 aromatic rings. The predicted molar refractivity (Wildman–Crippen MR) is 137 cm³/mol. The highest BCUT2D eigenvalue weighted by Crippen LogP contribution is 2.56. The van der Waals surface area contributed by atoms with Crippen molar-refractivity contribution in [3.8, 4) is 22.4 Å². The molecule has 3 aromatic heterocycles. The van der Waals surface area contributed by atoms with Crippen LogP contribution in [0.1, 0.15) is 53.6 Å². The minimum Gasteiger partial charge on any atom is -0.437 e. The third-order valence-electron chi connectivity index (χ3n) is 8.48. The monoisotopic (exact) mass is 445 g/mol. The normalized spacial score (nSPS) is 16.0. The number of aromatic nitrogens is 2. The van der Waals surface area contributed by atoms with Crippen LogP contribution in [0.5, 0.6) is 0 Å². The molecule has 2 aliphatic carbocycles. The maximum absolute atomic E-state index is 6.65. The standard InChI is InChI=1S/C31H29N2O/c1-18-11-12-22-24-16-23-21-9-5-6-10-25(21)31(13-7-8-14-31)29(23)32-30(24)34-28(22)27(18)26-15-19(2)20(3)17-33(26)4/h5-6,9-12,15-17H,7-8,13-14H2,1-4H3/q+1. The molecule has 3 heterocycles. The molecule has 0 amide bonds. The van der Waals surface area contributed by atoms with Crippen molar-refractivity contribution in [3.05, 3.63) is 82.7 Å². The summed E-state index contributed by atoms with van der Waals surface area (Å²) >= 11 is 0. The van der Waals surface area contributed by atoms with Crippen LogP contribution in [0, 0.1) is 20.8 Å². The lowest BCUT2D eigenvalue weighted by Gasteiger charge is -2.24. The largest absolute Gasteiger partial charge is 0.437 e. The fraction of sp³-hybridized carbons (Fsp3) is 0.290. The van der Waals surface area contributed by atoms with E-state index in [9.17, 15) is 0 Å². The highest BCUT2D eigenvalue weighted by atomic mass is 16.3. The number of pyridine rings is 2. The van der Waals surface area contributed by atoms with Gasteiger partial charge in [0, 0.05) is 33.4 Å². The molecule has 0 N–H and O–H groups in total. The Hall–Kier alpha value is -3.46. The number of furan rings is 1. The number of nitrogens with zero attached hydrogens (tertiary/aromatic N) is 2. The van der Waals surface area contributed by atoms with Crippen molar-refractivity contribution < 1.29 is 8.98 Å². The van der Waals surface area contributed by atoms with Crippen molar-refractivity contribution in [2.45, 2.75) is 51.9 Å². The maximum Gasteiger partial charge on any atom is 0.227 e. The van der Waals surface area contributed by atoms with Crippen LogP contribution < -0.4 is 4.57 Å². The summed E-state index contributed by atoms with van der Waals surface area (Å²) in [5.41, 5.74) is 13.3. The van der Waals surface area contributed by atoms with E-state index in [0.29, 0.717) is 0 Å². The fourth-order valence-corrected chi connectivity index (χ4v) is 6.63. The third kappa shape index (κ3) is 2.47. The Morgan fingerprint density at radius 1 is 0.853 bits per heavy atom. The molecule has 0 unspecified atom stereocenters. The summed E-state index contributed by atoms with van der Waals surface area (Å²) < 4.78 is 8.86. The van der Waals surface area contributed by atoms with Crippen LogP contribution in [-0.4, -0.2) is 4.98 Å². The first-order chi connectivity index (χ1) is 16.5. The van der Waals surface area contributed by atoms with Gasteiger partial charge in [-0.3, -0.25) is 0 Å². The van der Waals surface area contributed by atoms with E-state index in [2.05, 4.69) is 87.1 Å². The quantitative estimate of drug-likeness (QED) is 0.255. The van der Waals surface area contributed by atoms with E-state index < -0.39 is 0 Å². The highest BCUT2D eigenvalue weighted by molar-refractivity contribution is 6.10. The van der Waals surface area contributed by atoms with Gasteiger partial charge in [-0.15, -0.1) is 0 Å². The summed E-state index contributed by atoms with van der Waals surface area (Å²) in [4.78, 5) is 5.29. The van der Waals surface area contributed by atoms with Crippen LogP contribution in [0.25, 0.3) is 44.5 Å². The van der Waals surface area contributed by atoms with E-state index in [4.69, 9.17) is 9.40 Å². The Morgan fingerprint density at radius 3 is 2.47 bits per heavy atom. The van der Waals surface area contributed by atoms with Gasteiger partial charge in [0.1, 0.15) is 7.05 Å². The number of rotatable bonds is 1. The Morgan fingerprint density at radius 2 is 1.65 bits per heavy atom. The zero-order valence-corrected chi connectivity index (χ0v) is 20.3. The maximum atomic E-state index is 6.65. The number of hydrogen-bond donors (Lipinski definition) is 0. The second-order valence-corrected chi connectivity index (χ2v) is 10.4. The van der Waals surface area contributed by atoms with Crippen molar-refractivity contribution in [1.29, 1.82) is 0 Å². The number of aryl methyl sites for hydroxylation is 4.